The number of nitrogens with one attached hydrogen (secondary N) is 1. The number of allylic oxidation sites excluding steroid dienone is 1. The quantitative estimate of drug-likeness (QED) is 0.781. The normalized spacial score (nSPS) is 13.9. The zero-order valence-corrected chi connectivity index (χ0v) is 14.7. The van der Waals surface area contributed by atoms with E-state index < -0.39 is 0 Å². The summed E-state index contributed by atoms with van der Waals surface area (Å²) in [6.07, 6.45) is 11.9. The number of benzene rings is 1. The van der Waals surface area contributed by atoms with E-state index in [1.807, 2.05) is 36.4 Å². The van der Waals surface area contributed by atoms with Crippen LogP contribution in [0.1, 0.15) is 42.5 Å². The maximum absolute atomic E-state index is 12.7. The maximum atomic E-state index is 12.7. The molecule has 0 aliphatic heterocycles. The lowest BCUT2D eigenvalue weighted by Crippen LogP contribution is -2.26. The van der Waals surface area contributed by atoms with Crippen molar-refractivity contribution in [3.05, 3.63) is 66.0 Å². The van der Waals surface area contributed by atoms with Gasteiger partial charge in [-0.1, -0.05) is 29.8 Å². The Bertz CT molecular complexity index is 740. The first kappa shape index (κ1) is 17.2. The molecule has 1 aliphatic rings. The standard InChI is InChI=1S/C21H25N3O/c1-24(20-10-6-3-7-11-20)21(25)18-14-19(16-22-15-18)23-13-12-17-8-4-2-5-9-17/h3,6-8,10-11,14-16,23H,2,4-5,9,12-13H2,1H3. The van der Waals surface area contributed by atoms with Gasteiger partial charge in [0.1, 0.15) is 0 Å². The van der Waals surface area contributed by atoms with Crippen molar-refractivity contribution in [2.24, 2.45) is 0 Å². The summed E-state index contributed by atoms with van der Waals surface area (Å²) in [5.41, 5.74) is 3.90. The Hall–Kier alpha value is -2.62. The second-order valence-electron chi connectivity index (χ2n) is 6.45. The lowest BCUT2D eigenvalue weighted by molar-refractivity contribution is 0.0992. The second kappa shape index (κ2) is 8.47. The van der Waals surface area contributed by atoms with E-state index in [1.165, 1.54) is 25.7 Å². The molecule has 1 N–H and O–H groups in total. The molecule has 3 rings (SSSR count). The number of hydrogen-bond donors (Lipinski definition) is 1. The summed E-state index contributed by atoms with van der Waals surface area (Å²) < 4.78 is 0. The van der Waals surface area contributed by atoms with E-state index in [9.17, 15) is 4.79 Å². The minimum absolute atomic E-state index is 0.0580. The van der Waals surface area contributed by atoms with E-state index in [0.717, 1.165) is 24.3 Å². The molecule has 4 nitrogen and oxygen atoms in total. The number of hydrogen-bond acceptors (Lipinski definition) is 3. The molecule has 1 aromatic heterocycles. The number of amides is 1. The molecule has 2 aromatic rings. The summed E-state index contributed by atoms with van der Waals surface area (Å²) in [7, 11) is 1.79. The summed E-state index contributed by atoms with van der Waals surface area (Å²) in [5, 5.41) is 3.39. The number of aromatic nitrogens is 1. The van der Waals surface area contributed by atoms with Crippen LogP contribution in [0.2, 0.25) is 0 Å². The van der Waals surface area contributed by atoms with Crippen molar-refractivity contribution in [2.45, 2.75) is 32.1 Å². The first-order valence-corrected chi connectivity index (χ1v) is 8.94. The van der Waals surface area contributed by atoms with Gasteiger partial charge in [0.05, 0.1) is 11.3 Å². The van der Waals surface area contributed by atoms with Gasteiger partial charge in [-0.3, -0.25) is 9.78 Å². The Labute approximate surface area is 149 Å². The average Bonchev–Trinajstić information content (AvgIpc) is 2.68. The fraction of sp³-hybridized carbons (Fsp3) is 0.333. The van der Waals surface area contributed by atoms with Crippen molar-refractivity contribution in [1.29, 1.82) is 0 Å². The van der Waals surface area contributed by atoms with E-state index in [1.54, 1.807) is 29.9 Å². The Morgan fingerprint density at radius 2 is 2.04 bits per heavy atom. The summed E-state index contributed by atoms with van der Waals surface area (Å²) in [5.74, 6) is -0.0580. The van der Waals surface area contributed by atoms with Crippen LogP contribution in [0, 0.1) is 0 Å². The van der Waals surface area contributed by atoms with Gasteiger partial charge >= 0.3 is 0 Å². The SMILES string of the molecule is CN(C(=O)c1cncc(NCCC2=CCCCC2)c1)c1ccccc1. The van der Waals surface area contributed by atoms with Crippen LogP contribution in [0.15, 0.2) is 60.4 Å². The predicted molar refractivity (Wildman–Crippen MR) is 103 cm³/mol. The van der Waals surface area contributed by atoms with E-state index in [4.69, 9.17) is 0 Å². The lowest BCUT2D eigenvalue weighted by atomic mass is 9.97. The van der Waals surface area contributed by atoms with Crippen LogP contribution in [-0.2, 0) is 0 Å². The monoisotopic (exact) mass is 335 g/mol. The zero-order valence-electron chi connectivity index (χ0n) is 14.7. The van der Waals surface area contributed by atoms with Crippen molar-refractivity contribution in [2.75, 3.05) is 23.8 Å². The highest BCUT2D eigenvalue weighted by Crippen LogP contribution is 2.20. The van der Waals surface area contributed by atoms with Crippen molar-refractivity contribution < 1.29 is 4.79 Å². The topological polar surface area (TPSA) is 45.2 Å². The summed E-state index contributed by atoms with van der Waals surface area (Å²) >= 11 is 0. The molecule has 0 atom stereocenters. The van der Waals surface area contributed by atoms with Crippen molar-refractivity contribution in [1.82, 2.24) is 4.98 Å². The Morgan fingerprint density at radius 1 is 1.20 bits per heavy atom. The first-order chi connectivity index (χ1) is 12.2. The summed E-state index contributed by atoms with van der Waals surface area (Å²) in [6.45, 7) is 0.875. The van der Waals surface area contributed by atoms with E-state index >= 15 is 0 Å². The van der Waals surface area contributed by atoms with Crippen LogP contribution in [0.5, 0.6) is 0 Å². The average molecular weight is 335 g/mol. The molecule has 0 saturated carbocycles. The number of pyridine rings is 1. The largest absolute Gasteiger partial charge is 0.383 e. The van der Waals surface area contributed by atoms with Gasteiger partial charge in [-0.25, -0.2) is 0 Å². The fourth-order valence-corrected chi connectivity index (χ4v) is 3.12. The number of anilines is 2. The maximum Gasteiger partial charge on any atom is 0.259 e. The van der Waals surface area contributed by atoms with Crippen molar-refractivity contribution in [3.63, 3.8) is 0 Å². The number of nitrogens with zero attached hydrogens (tertiary/aromatic N) is 2. The Morgan fingerprint density at radius 3 is 2.80 bits per heavy atom. The molecule has 0 spiro atoms. The first-order valence-electron chi connectivity index (χ1n) is 8.94. The molecule has 1 aromatic carbocycles. The highest BCUT2D eigenvalue weighted by molar-refractivity contribution is 6.05. The van der Waals surface area contributed by atoms with Crippen molar-refractivity contribution >= 4 is 17.3 Å². The van der Waals surface area contributed by atoms with Crippen LogP contribution in [0.25, 0.3) is 0 Å². The van der Waals surface area contributed by atoms with Gasteiger partial charge in [0.25, 0.3) is 5.91 Å². The Kier molecular flexibility index (Phi) is 5.83. The number of para-hydroxylation sites is 1. The van der Waals surface area contributed by atoms with Crippen LogP contribution in [-0.4, -0.2) is 24.5 Å². The molecule has 1 heterocycles. The molecule has 1 aliphatic carbocycles. The molecule has 0 radical (unpaired) electrons. The summed E-state index contributed by atoms with van der Waals surface area (Å²) in [6, 6.07) is 11.5. The lowest BCUT2D eigenvalue weighted by Gasteiger charge is -2.18. The van der Waals surface area contributed by atoms with Gasteiger partial charge in [-0.2, -0.15) is 0 Å². The van der Waals surface area contributed by atoms with E-state index in [-0.39, 0.29) is 5.91 Å². The van der Waals surface area contributed by atoms with Crippen LogP contribution in [0.4, 0.5) is 11.4 Å². The third-order valence-corrected chi connectivity index (χ3v) is 4.59. The third-order valence-electron chi connectivity index (χ3n) is 4.59. The van der Waals surface area contributed by atoms with Crippen LogP contribution >= 0.6 is 0 Å². The smallest absolute Gasteiger partial charge is 0.259 e. The molecule has 0 bridgehead atoms. The highest BCUT2D eigenvalue weighted by atomic mass is 16.2. The van der Waals surface area contributed by atoms with Crippen molar-refractivity contribution in [3.8, 4) is 0 Å². The third kappa shape index (κ3) is 4.69. The number of rotatable bonds is 6. The summed E-state index contributed by atoms with van der Waals surface area (Å²) in [4.78, 5) is 18.5. The van der Waals surface area contributed by atoms with E-state index in [0.29, 0.717) is 5.56 Å². The highest BCUT2D eigenvalue weighted by Gasteiger charge is 2.14. The fourth-order valence-electron chi connectivity index (χ4n) is 3.12. The zero-order chi connectivity index (χ0) is 17.5. The van der Waals surface area contributed by atoms with Gasteiger partial charge in [-0.15, -0.1) is 0 Å². The minimum atomic E-state index is -0.0580. The van der Waals surface area contributed by atoms with E-state index in [2.05, 4.69) is 16.4 Å². The molecule has 4 heteroatoms. The van der Waals surface area contributed by atoms with Crippen LogP contribution < -0.4 is 10.2 Å². The van der Waals surface area contributed by atoms with Gasteiger partial charge in [0.15, 0.2) is 0 Å². The molecule has 130 valence electrons. The molecule has 0 saturated heterocycles. The molecular weight excluding hydrogens is 310 g/mol. The second-order valence-corrected chi connectivity index (χ2v) is 6.45. The predicted octanol–water partition coefficient (Wildman–Crippen LogP) is 4.66. The Balaban J connectivity index is 1.60. The van der Waals surface area contributed by atoms with Gasteiger partial charge in [0, 0.05) is 31.7 Å². The molecular formula is C21H25N3O. The van der Waals surface area contributed by atoms with Gasteiger partial charge < -0.3 is 10.2 Å². The molecule has 0 unspecified atom stereocenters. The van der Waals surface area contributed by atoms with Crippen LogP contribution in [0.3, 0.4) is 0 Å². The molecule has 0 fully saturated rings. The van der Waals surface area contributed by atoms with Gasteiger partial charge in [0.2, 0.25) is 0 Å². The number of carbonyl (C=O) groups is 1. The van der Waals surface area contributed by atoms with Gasteiger partial charge in [-0.05, 0) is 50.3 Å². The number of carbonyl (C=O) groups excluding carboxylic acids is 1. The molecule has 1 amide bonds. The minimum Gasteiger partial charge on any atom is -0.383 e. The molecule has 25 heavy (non-hydrogen) atoms.